The summed E-state index contributed by atoms with van der Waals surface area (Å²) in [7, 11) is 0. The van der Waals surface area contributed by atoms with E-state index in [1.54, 1.807) is 0 Å². The molecule has 2 aromatic rings. The van der Waals surface area contributed by atoms with E-state index < -0.39 is 6.10 Å². The van der Waals surface area contributed by atoms with Gasteiger partial charge in [-0.2, -0.15) is 0 Å². The summed E-state index contributed by atoms with van der Waals surface area (Å²) in [4.78, 5) is 12.3. The number of hydrogen-bond acceptors (Lipinski definition) is 2. The van der Waals surface area contributed by atoms with Crippen LogP contribution in [0.2, 0.25) is 0 Å². The van der Waals surface area contributed by atoms with E-state index >= 15 is 0 Å². The van der Waals surface area contributed by atoms with Crippen molar-refractivity contribution >= 4 is 11.6 Å². The zero-order chi connectivity index (χ0) is 15.1. The first-order valence-corrected chi connectivity index (χ1v) is 7.92. The van der Waals surface area contributed by atoms with Crippen molar-refractivity contribution in [3.05, 3.63) is 53.6 Å². The van der Waals surface area contributed by atoms with Crippen molar-refractivity contribution in [1.82, 2.24) is 0 Å². The molecule has 22 heavy (non-hydrogen) atoms. The van der Waals surface area contributed by atoms with Gasteiger partial charge in [0.1, 0.15) is 0 Å². The predicted octanol–water partition coefficient (Wildman–Crippen LogP) is 3.36. The molecule has 2 aromatic carbocycles. The number of benzene rings is 2. The number of aliphatic hydroxyl groups excluding tert-OH is 1. The minimum Gasteiger partial charge on any atom is -0.392 e. The van der Waals surface area contributed by atoms with E-state index in [4.69, 9.17) is 0 Å². The molecule has 2 aliphatic rings. The lowest BCUT2D eigenvalue weighted by Crippen LogP contribution is -2.28. The Kier molecular flexibility index (Phi) is 3.23. The molecule has 1 fully saturated rings. The number of nitrogens with one attached hydrogen (secondary N) is 1. The number of rotatable bonds is 2. The number of carbonyl (C=O) groups excluding carboxylic acids is 1. The Bertz CT molecular complexity index is 738. The fraction of sp³-hybridized carbons (Fsp3) is 0.316. The van der Waals surface area contributed by atoms with E-state index in [1.807, 2.05) is 6.07 Å². The fourth-order valence-electron chi connectivity index (χ4n) is 3.70. The molecule has 2 unspecified atom stereocenters. The highest BCUT2D eigenvalue weighted by atomic mass is 16.3. The summed E-state index contributed by atoms with van der Waals surface area (Å²) in [5.41, 5.74) is 5.98. The summed E-state index contributed by atoms with van der Waals surface area (Å²) in [6.07, 6.45) is 2.87. The zero-order valence-electron chi connectivity index (χ0n) is 12.4. The molecule has 0 heterocycles. The van der Waals surface area contributed by atoms with Gasteiger partial charge in [0.25, 0.3) is 0 Å². The Hall–Kier alpha value is -2.13. The smallest absolute Gasteiger partial charge is 0.230 e. The van der Waals surface area contributed by atoms with Crippen LogP contribution >= 0.6 is 0 Å². The minimum atomic E-state index is -0.487. The maximum absolute atomic E-state index is 12.3. The Morgan fingerprint density at radius 3 is 2.68 bits per heavy atom. The quantitative estimate of drug-likeness (QED) is 0.761. The minimum absolute atomic E-state index is 0.0551. The number of carbonyl (C=O) groups is 1. The summed E-state index contributed by atoms with van der Waals surface area (Å²) in [6.45, 7) is 0. The maximum Gasteiger partial charge on any atom is 0.230 e. The van der Waals surface area contributed by atoms with Gasteiger partial charge in [-0.05, 0) is 60.1 Å². The highest BCUT2D eigenvalue weighted by molar-refractivity contribution is 5.94. The van der Waals surface area contributed by atoms with Crippen LogP contribution in [-0.4, -0.2) is 17.1 Å². The molecule has 2 N–H and O–H groups in total. The predicted molar refractivity (Wildman–Crippen MR) is 86.7 cm³/mol. The lowest BCUT2D eigenvalue weighted by atomic mass is 10.0. The molecule has 0 aromatic heterocycles. The summed E-state index contributed by atoms with van der Waals surface area (Å²) < 4.78 is 0. The molecule has 0 saturated heterocycles. The molecule has 1 saturated carbocycles. The monoisotopic (exact) mass is 293 g/mol. The Morgan fingerprint density at radius 2 is 1.86 bits per heavy atom. The SMILES string of the molecule is O=C(Nc1ccc2c(c1)Cc1ccccc1-2)C1CCCC1O. The van der Waals surface area contributed by atoms with Crippen LogP contribution in [0.3, 0.4) is 0 Å². The molecule has 2 atom stereocenters. The molecule has 2 aliphatic carbocycles. The molecule has 0 spiro atoms. The fourth-order valence-corrected chi connectivity index (χ4v) is 3.70. The molecule has 0 aliphatic heterocycles. The molecule has 0 bridgehead atoms. The second-order valence-corrected chi connectivity index (χ2v) is 6.30. The van der Waals surface area contributed by atoms with Crippen molar-refractivity contribution in [1.29, 1.82) is 0 Å². The standard InChI is InChI=1S/C19H19NO2/c21-18-7-3-6-17(18)19(22)20-14-8-9-16-13(11-14)10-12-4-1-2-5-15(12)16/h1-2,4-5,8-9,11,17-18,21H,3,6-7,10H2,(H,20,22). The highest BCUT2D eigenvalue weighted by Gasteiger charge is 2.31. The third-order valence-electron chi connectivity index (χ3n) is 4.88. The van der Waals surface area contributed by atoms with Crippen LogP contribution < -0.4 is 5.32 Å². The summed E-state index contributed by atoms with van der Waals surface area (Å²) in [5.74, 6) is -0.314. The van der Waals surface area contributed by atoms with Crippen molar-refractivity contribution in [2.75, 3.05) is 5.32 Å². The highest BCUT2D eigenvalue weighted by Crippen LogP contribution is 2.37. The van der Waals surface area contributed by atoms with Crippen molar-refractivity contribution in [3.63, 3.8) is 0 Å². The van der Waals surface area contributed by atoms with Crippen LogP contribution in [-0.2, 0) is 11.2 Å². The summed E-state index contributed by atoms with van der Waals surface area (Å²) in [6, 6.07) is 14.5. The Balaban J connectivity index is 1.56. The Morgan fingerprint density at radius 1 is 1.05 bits per heavy atom. The van der Waals surface area contributed by atoms with E-state index in [0.29, 0.717) is 0 Å². The van der Waals surface area contributed by atoms with Crippen LogP contribution in [0.4, 0.5) is 5.69 Å². The van der Waals surface area contributed by atoms with Crippen molar-refractivity contribution in [3.8, 4) is 11.1 Å². The van der Waals surface area contributed by atoms with Gasteiger partial charge >= 0.3 is 0 Å². The van der Waals surface area contributed by atoms with Crippen molar-refractivity contribution in [2.24, 2.45) is 5.92 Å². The van der Waals surface area contributed by atoms with E-state index in [0.717, 1.165) is 31.4 Å². The number of fused-ring (bicyclic) bond motifs is 3. The van der Waals surface area contributed by atoms with Crippen LogP contribution in [0.15, 0.2) is 42.5 Å². The third-order valence-corrected chi connectivity index (χ3v) is 4.88. The number of amides is 1. The number of hydrogen-bond donors (Lipinski definition) is 2. The third kappa shape index (κ3) is 2.22. The number of aliphatic hydroxyl groups is 1. The first kappa shape index (κ1) is 13.5. The van der Waals surface area contributed by atoms with Gasteiger partial charge in [0.15, 0.2) is 0 Å². The van der Waals surface area contributed by atoms with Gasteiger partial charge in [0, 0.05) is 5.69 Å². The second-order valence-electron chi connectivity index (χ2n) is 6.30. The zero-order valence-corrected chi connectivity index (χ0v) is 12.4. The molecule has 4 rings (SSSR count). The maximum atomic E-state index is 12.3. The molecule has 3 nitrogen and oxygen atoms in total. The molecule has 3 heteroatoms. The topological polar surface area (TPSA) is 49.3 Å². The lowest BCUT2D eigenvalue weighted by molar-refractivity contribution is -0.122. The van der Waals surface area contributed by atoms with Crippen LogP contribution in [0.5, 0.6) is 0 Å². The van der Waals surface area contributed by atoms with Crippen LogP contribution in [0, 0.1) is 5.92 Å². The molecular weight excluding hydrogens is 274 g/mol. The average Bonchev–Trinajstić information content (AvgIpc) is 3.10. The normalized spacial score (nSPS) is 22.2. The lowest BCUT2D eigenvalue weighted by Gasteiger charge is -2.15. The summed E-state index contributed by atoms with van der Waals surface area (Å²) in [5, 5.41) is 12.8. The molecule has 1 amide bonds. The van der Waals surface area contributed by atoms with Gasteiger partial charge in [-0.3, -0.25) is 4.79 Å². The van der Waals surface area contributed by atoms with Gasteiger partial charge < -0.3 is 10.4 Å². The van der Waals surface area contributed by atoms with Gasteiger partial charge in [0.2, 0.25) is 5.91 Å². The van der Waals surface area contributed by atoms with E-state index in [-0.39, 0.29) is 11.8 Å². The first-order chi connectivity index (χ1) is 10.7. The van der Waals surface area contributed by atoms with Gasteiger partial charge in [-0.1, -0.05) is 30.3 Å². The van der Waals surface area contributed by atoms with Gasteiger partial charge in [-0.25, -0.2) is 0 Å². The van der Waals surface area contributed by atoms with Gasteiger partial charge in [-0.15, -0.1) is 0 Å². The molecule has 112 valence electrons. The van der Waals surface area contributed by atoms with Crippen molar-refractivity contribution in [2.45, 2.75) is 31.8 Å². The number of anilines is 1. The van der Waals surface area contributed by atoms with E-state index in [2.05, 4.69) is 41.7 Å². The first-order valence-electron chi connectivity index (χ1n) is 7.92. The average molecular weight is 293 g/mol. The van der Waals surface area contributed by atoms with Crippen LogP contribution in [0.25, 0.3) is 11.1 Å². The van der Waals surface area contributed by atoms with E-state index in [1.165, 1.54) is 22.3 Å². The van der Waals surface area contributed by atoms with Crippen LogP contribution in [0.1, 0.15) is 30.4 Å². The molecule has 0 radical (unpaired) electrons. The molecular formula is C19H19NO2. The van der Waals surface area contributed by atoms with Crippen molar-refractivity contribution < 1.29 is 9.90 Å². The Labute approximate surface area is 130 Å². The van der Waals surface area contributed by atoms with Gasteiger partial charge in [0.05, 0.1) is 12.0 Å². The van der Waals surface area contributed by atoms with E-state index in [9.17, 15) is 9.90 Å². The summed E-state index contributed by atoms with van der Waals surface area (Å²) >= 11 is 0. The second kappa shape index (κ2) is 5.25. The largest absolute Gasteiger partial charge is 0.392 e.